The van der Waals surface area contributed by atoms with Gasteiger partial charge in [0.25, 0.3) is 0 Å². The third kappa shape index (κ3) is 1.04. The van der Waals surface area contributed by atoms with Gasteiger partial charge in [-0.1, -0.05) is 12.2 Å². The van der Waals surface area contributed by atoms with Crippen molar-refractivity contribution < 1.29 is 14.3 Å². The number of nitrogens with one attached hydrogen (secondary N) is 1. The van der Waals surface area contributed by atoms with E-state index in [4.69, 9.17) is 4.74 Å². The zero-order valence-electron chi connectivity index (χ0n) is 7.60. The Hall–Kier alpha value is -1.42. The Morgan fingerprint density at radius 1 is 1.07 bits per heavy atom. The van der Waals surface area contributed by atoms with Gasteiger partial charge in [-0.2, -0.15) is 0 Å². The molecule has 2 amide bonds. The molecule has 0 aromatic rings. The first-order valence-electron chi connectivity index (χ1n) is 4.44. The maximum absolute atomic E-state index is 11.4. The van der Waals surface area contributed by atoms with Crippen molar-refractivity contribution in [1.82, 2.24) is 5.32 Å². The SMILES string of the molecule is C=CC1OC(C=C)C2C(=O)NC(=O)C12. The van der Waals surface area contributed by atoms with Crippen molar-refractivity contribution in [3.8, 4) is 0 Å². The van der Waals surface area contributed by atoms with Gasteiger partial charge in [0.15, 0.2) is 0 Å². The van der Waals surface area contributed by atoms with Crippen molar-refractivity contribution in [3.05, 3.63) is 25.3 Å². The first-order valence-corrected chi connectivity index (χ1v) is 4.44. The van der Waals surface area contributed by atoms with Gasteiger partial charge in [-0.25, -0.2) is 0 Å². The van der Waals surface area contributed by atoms with E-state index in [-0.39, 0.29) is 24.0 Å². The average molecular weight is 193 g/mol. The third-order valence-corrected chi connectivity index (χ3v) is 2.73. The summed E-state index contributed by atoms with van der Waals surface area (Å²) >= 11 is 0. The quantitative estimate of drug-likeness (QED) is 0.496. The second-order valence-electron chi connectivity index (χ2n) is 3.44. The van der Waals surface area contributed by atoms with E-state index in [1.165, 1.54) is 0 Å². The molecule has 4 nitrogen and oxygen atoms in total. The van der Waals surface area contributed by atoms with E-state index in [1.54, 1.807) is 12.2 Å². The lowest BCUT2D eigenvalue weighted by molar-refractivity contribution is -0.128. The Bertz CT molecular complexity index is 293. The molecule has 0 aliphatic carbocycles. The number of hydrogen-bond donors (Lipinski definition) is 1. The predicted octanol–water partition coefficient (Wildman–Crippen LogP) is 0.0146. The van der Waals surface area contributed by atoms with Crippen molar-refractivity contribution in [1.29, 1.82) is 0 Å². The zero-order chi connectivity index (χ0) is 10.3. The summed E-state index contributed by atoms with van der Waals surface area (Å²) in [4.78, 5) is 22.8. The molecule has 0 aromatic heterocycles. The summed E-state index contributed by atoms with van der Waals surface area (Å²) in [6.45, 7) is 7.16. The van der Waals surface area contributed by atoms with E-state index in [1.807, 2.05) is 0 Å². The van der Waals surface area contributed by atoms with Crippen LogP contribution in [0.25, 0.3) is 0 Å². The van der Waals surface area contributed by atoms with E-state index < -0.39 is 11.8 Å². The fraction of sp³-hybridized carbons (Fsp3) is 0.400. The molecule has 2 rings (SSSR count). The molecule has 74 valence electrons. The topological polar surface area (TPSA) is 55.4 Å². The Morgan fingerprint density at radius 3 is 1.86 bits per heavy atom. The Kier molecular flexibility index (Phi) is 2.00. The van der Waals surface area contributed by atoms with Crippen molar-refractivity contribution >= 4 is 11.8 Å². The van der Waals surface area contributed by atoms with Gasteiger partial charge in [0.2, 0.25) is 11.8 Å². The number of carbonyl (C=O) groups is 2. The number of rotatable bonds is 2. The minimum absolute atomic E-state index is 0.269. The van der Waals surface area contributed by atoms with Crippen LogP contribution >= 0.6 is 0 Å². The maximum Gasteiger partial charge on any atom is 0.233 e. The largest absolute Gasteiger partial charge is 0.365 e. The summed E-state index contributed by atoms with van der Waals surface area (Å²) in [6, 6.07) is 0. The first kappa shape index (κ1) is 9.15. The molecule has 0 spiro atoms. The van der Waals surface area contributed by atoms with Gasteiger partial charge in [0.1, 0.15) is 0 Å². The normalized spacial score (nSPS) is 40.6. The molecule has 2 aliphatic heterocycles. The number of hydrogen-bond acceptors (Lipinski definition) is 3. The highest BCUT2D eigenvalue weighted by atomic mass is 16.5. The van der Waals surface area contributed by atoms with Crippen LogP contribution in [0.4, 0.5) is 0 Å². The Balaban J connectivity index is 2.35. The fourth-order valence-corrected chi connectivity index (χ4v) is 2.08. The molecular formula is C10H11NO3. The smallest absolute Gasteiger partial charge is 0.233 e. The van der Waals surface area contributed by atoms with Crippen LogP contribution in [0.3, 0.4) is 0 Å². The van der Waals surface area contributed by atoms with Crippen LogP contribution in [0.1, 0.15) is 0 Å². The molecule has 2 aliphatic rings. The van der Waals surface area contributed by atoms with Gasteiger partial charge in [-0.3, -0.25) is 14.9 Å². The highest BCUT2D eigenvalue weighted by Crippen LogP contribution is 2.37. The molecule has 0 saturated carbocycles. The average Bonchev–Trinajstić information content (AvgIpc) is 2.67. The summed E-state index contributed by atoms with van der Waals surface area (Å²) in [5, 5.41) is 2.29. The predicted molar refractivity (Wildman–Crippen MR) is 49.2 cm³/mol. The molecule has 2 heterocycles. The van der Waals surface area contributed by atoms with Crippen LogP contribution in [0.15, 0.2) is 25.3 Å². The molecule has 4 heteroatoms. The summed E-state index contributed by atoms with van der Waals surface area (Å²) in [6.07, 6.45) is 2.35. The second kappa shape index (κ2) is 3.06. The highest BCUT2D eigenvalue weighted by molar-refractivity contribution is 6.06. The lowest BCUT2D eigenvalue weighted by atomic mass is 9.89. The maximum atomic E-state index is 11.4. The van der Waals surface area contributed by atoms with Crippen LogP contribution in [-0.2, 0) is 14.3 Å². The van der Waals surface area contributed by atoms with Crippen LogP contribution < -0.4 is 5.32 Å². The number of amides is 2. The molecule has 14 heavy (non-hydrogen) atoms. The number of ether oxygens (including phenoxy) is 1. The molecule has 2 saturated heterocycles. The Labute approximate surface area is 81.6 Å². The van der Waals surface area contributed by atoms with Crippen molar-refractivity contribution in [3.63, 3.8) is 0 Å². The number of imide groups is 1. The van der Waals surface area contributed by atoms with Gasteiger partial charge < -0.3 is 4.74 Å². The van der Waals surface area contributed by atoms with E-state index in [0.717, 1.165) is 0 Å². The van der Waals surface area contributed by atoms with Crippen molar-refractivity contribution in [2.45, 2.75) is 12.2 Å². The molecule has 0 radical (unpaired) electrons. The van der Waals surface area contributed by atoms with Gasteiger partial charge >= 0.3 is 0 Å². The minimum Gasteiger partial charge on any atom is -0.365 e. The van der Waals surface area contributed by atoms with E-state index in [9.17, 15) is 9.59 Å². The Morgan fingerprint density at radius 2 is 1.50 bits per heavy atom. The second-order valence-corrected chi connectivity index (χ2v) is 3.44. The van der Waals surface area contributed by atoms with Crippen molar-refractivity contribution in [2.24, 2.45) is 11.8 Å². The number of carbonyl (C=O) groups excluding carboxylic acids is 2. The lowest BCUT2D eigenvalue weighted by Crippen LogP contribution is -2.29. The standard InChI is InChI=1S/C10H11NO3/c1-3-5-7-8(6(4-2)14-5)10(13)11-9(7)12/h3-8H,1-2H2,(H,11,12,13). The molecule has 0 bridgehead atoms. The molecule has 4 unspecified atom stereocenters. The monoisotopic (exact) mass is 193 g/mol. The highest BCUT2D eigenvalue weighted by Gasteiger charge is 2.54. The van der Waals surface area contributed by atoms with Crippen LogP contribution in [0.5, 0.6) is 0 Å². The molecule has 1 N–H and O–H groups in total. The van der Waals surface area contributed by atoms with Gasteiger partial charge in [-0.15, -0.1) is 13.2 Å². The summed E-state index contributed by atoms with van der Waals surface area (Å²) in [5.41, 5.74) is 0. The van der Waals surface area contributed by atoms with Crippen LogP contribution in [-0.4, -0.2) is 24.0 Å². The zero-order valence-corrected chi connectivity index (χ0v) is 7.60. The van der Waals surface area contributed by atoms with E-state index in [0.29, 0.717) is 0 Å². The van der Waals surface area contributed by atoms with Crippen molar-refractivity contribution in [2.75, 3.05) is 0 Å². The van der Waals surface area contributed by atoms with Gasteiger partial charge in [0.05, 0.1) is 24.0 Å². The fourth-order valence-electron chi connectivity index (χ4n) is 2.08. The molecule has 4 atom stereocenters. The van der Waals surface area contributed by atoms with E-state index >= 15 is 0 Å². The van der Waals surface area contributed by atoms with Gasteiger partial charge in [0, 0.05) is 0 Å². The first-order chi connectivity index (χ1) is 6.69. The molecular weight excluding hydrogens is 182 g/mol. The molecule has 0 aromatic carbocycles. The minimum atomic E-state index is -0.428. The summed E-state index contributed by atoms with van der Waals surface area (Å²) in [7, 11) is 0. The number of fused-ring (bicyclic) bond motifs is 1. The van der Waals surface area contributed by atoms with Crippen LogP contribution in [0, 0.1) is 11.8 Å². The molecule has 2 fully saturated rings. The van der Waals surface area contributed by atoms with Crippen LogP contribution in [0.2, 0.25) is 0 Å². The summed E-state index contributed by atoms with van der Waals surface area (Å²) < 4.78 is 5.45. The lowest BCUT2D eigenvalue weighted by Gasteiger charge is -2.10. The van der Waals surface area contributed by atoms with E-state index in [2.05, 4.69) is 18.5 Å². The third-order valence-electron chi connectivity index (χ3n) is 2.73. The van der Waals surface area contributed by atoms with Gasteiger partial charge in [-0.05, 0) is 0 Å². The summed E-state index contributed by atoms with van der Waals surface area (Å²) in [5.74, 6) is -1.39.